The Hall–Kier alpha value is 0.828. The van der Waals surface area contributed by atoms with E-state index in [1.807, 2.05) is 0 Å². The van der Waals surface area contributed by atoms with E-state index in [-0.39, 0.29) is 8.31 Å². The predicted molar refractivity (Wildman–Crippen MR) is 70.5 cm³/mol. The Balaban J connectivity index is 2.02. The van der Waals surface area contributed by atoms with E-state index in [0.717, 1.165) is 6.61 Å². The van der Waals surface area contributed by atoms with Crippen LogP contribution in [0.15, 0.2) is 0 Å². The average Bonchev–Trinajstić information content (AvgIpc) is 2.73. The molecule has 2 heterocycles. The van der Waals surface area contributed by atoms with Gasteiger partial charge in [-0.2, -0.15) is 0 Å². The highest BCUT2D eigenvalue weighted by atomic mass is 29.2. The largest absolute Gasteiger partial charge is 0.420 e. The van der Waals surface area contributed by atoms with Gasteiger partial charge in [-0.15, -0.1) is 0 Å². The first-order valence-electron chi connectivity index (χ1n) is 6.01. The second kappa shape index (κ2) is 4.56. The lowest BCUT2D eigenvalue weighted by Crippen LogP contribution is -2.50. The number of rotatable bonds is 3. The van der Waals surface area contributed by atoms with Gasteiger partial charge in [-0.25, -0.2) is 0 Å². The van der Waals surface area contributed by atoms with Crippen LogP contribution in [0.25, 0.3) is 0 Å². The Morgan fingerprint density at radius 1 is 1.38 bits per heavy atom. The van der Waals surface area contributed by atoms with Gasteiger partial charge >= 0.3 is 0 Å². The molecule has 2 fully saturated rings. The summed E-state index contributed by atoms with van der Waals surface area (Å²) in [6, 6.07) is 6.68. The third-order valence-corrected chi connectivity index (χ3v) is 33.0. The van der Waals surface area contributed by atoms with Gasteiger partial charge < -0.3 is 4.43 Å². The molecule has 0 N–H and O–H groups in total. The zero-order chi connectivity index (χ0) is 9.15. The maximum Gasteiger partial charge on any atom is 0.172 e. The van der Waals surface area contributed by atoms with Crippen molar-refractivity contribution in [2.24, 2.45) is 0 Å². The monoisotopic (exact) mass is 246 g/mol. The Labute approximate surface area is 88.8 Å². The van der Waals surface area contributed by atoms with Crippen molar-refractivity contribution in [2.75, 3.05) is 6.61 Å². The molecule has 13 heavy (non-hydrogen) atoms. The van der Waals surface area contributed by atoms with E-state index in [9.17, 15) is 0 Å². The molecule has 1 nitrogen and oxygen atoms in total. The number of hydrogen-bond donors (Lipinski definition) is 0. The summed E-state index contributed by atoms with van der Waals surface area (Å²) in [5, 5.41) is 0. The Kier molecular flexibility index (Phi) is 3.63. The third-order valence-electron chi connectivity index (χ3n) is 3.98. The Bertz CT molecular complexity index is 164. The summed E-state index contributed by atoms with van der Waals surface area (Å²) in [6.07, 6.45) is 0. The maximum atomic E-state index is 6.33. The molecule has 2 unspecified atom stereocenters. The van der Waals surface area contributed by atoms with Gasteiger partial charge in [-0.3, -0.25) is 0 Å². The molecule has 0 amide bonds. The van der Waals surface area contributed by atoms with Crippen LogP contribution in [0.3, 0.4) is 0 Å². The summed E-state index contributed by atoms with van der Waals surface area (Å²) in [7, 11) is -0.426. The van der Waals surface area contributed by atoms with E-state index in [1.54, 1.807) is 35.5 Å². The highest BCUT2D eigenvalue weighted by molar-refractivity contribution is 7.34. The van der Waals surface area contributed by atoms with Gasteiger partial charge in [-0.1, -0.05) is 23.8 Å². The van der Waals surface area contributed by atoms with Crippen LogP contribution in [-0.4, -0.2) is 41.8 Å². The molecule has 0 aromatic carbocycles. The second-order valence-corrected chi connectivity index (χ2v) is 22.3. The van der Waals surface area contributed by atoms with Crippen LogP contribution in [0.1, 0.15) is 6.92 Å². The first-order valence-corrected chi connectivity index (χ1v) is 15.8. The molecule has 0 radical (unpaired) electrons. The van der Waals surface area contributed by atoms with Crippen molar-refractivity contribution >= 4 is 35.2 Å². The molecule has 0 aliphatic carbocycles. The Morgan fingerprint density at radius 3 is 2.85 bits per heavy atom. The smallest absolute Gasteiger partial charge is 0.172 e. The highest BCUT2D eigenvalue weighted by Gasteiger charge is 2.46. The average molecular weight is 247 g/mol. The molecule has 2 saturated heterocycles. The molecule has 0 aromatic heterocycles. The van der Waals surface area contributed by atoms with Gasteiger partial charge in [0.15, 0.2) is 7.83 Å². The molecule has 76 valence electrons. The van der Waals surface area contributed by atoms with Crippen molar-refractivity contribution < 1.29 is 4.43 Å². The standard InChI is InChI=1S/C8H22OSi4/c1-2-9-13(6-4-11-8-13)12-5-3-10-7-12/h12H,2-8,10-11H2,1H3. The van der Waals surface area contributed by atoms with Crippen molar-refractivity contribution in [1.29, 1.82) is 0 Å². The molecule has 5 heteroatoms. The van der Waals surface area contributed by atoms with Crippen LogP contribution in [0.5, 0.6) is 0 Å². The normalized spacial score (nSPS) is 43.6. The van der Waals surface area contributed by atoms with Crippen LogP contribution in [0.2, 0.25) is 35.5 Å². The zero-order valence-corrected chi connectivity index (χ0v) is 13.8. The topological polar surface area (TPSA) is 9.23 Å². The molecule has 2 aliphatic heterocycles. The molecule has 0 aromatic rings. The van der Waals surface area contributed by atoms with Crippen molar-refractivity contribution in [3.63, 3.8) is 0 Å². The van der Waals surface area contributed by atoms with E-state index in [0.29, 0.717) is 19.0 Å². The lowest BCUT2D eigenvalue weighted by molar-refractivity contribution is 0.338. The summed E-state index contributed by atoms with van der Waals surface area (Å²) in [6.45, 7) is 3.28. The van der Waals surface area contributed by atoms with E-state index in [4.69, 9.17) is 4.43 Å². The molecular weight excluding hydrogens is 224 g/mol. The van der Waals surface area contributed by atoms with Gasteiger partial charge in [-0.05, 0) is 18.6 Å². The maximum absolute atomic E-state index is 6.33. The fourth-order valence-electron chi connectivity index (χ4n) is 3.38. The van der Waals surface area contributed by atoms with Gasteiger partial charge in [0.2, 0.25) is 0 Å². The van der Waals surface area contributed by atoms with Crippen molar-refractivity contribution in [2.45, 2.75) is 42.4 Å². The fourth-order valence-corrected chi connectivity index (χ4v) is 44.5. The summed E-state index contributed by atoms with van der Waals surface area (Å²) in [4.78, 5) is 0. The SMILES string of the molecule is CCO[Si]1([SiH]2CC[SiH2]C2)CC[SiH2]C1. The first-order chi connectivity index (χ1) is 6.37. The number of hydrogen-bond acceptors (Lipinski definition) is 1. The molecule has 0 spiro atoms. The first kappa shape index (κ1) is 10.3. The summed E-state index contributed by atoms with van der Waals surface area (Å²) in [5.74, 6) is 0. The van der Waals surface area contributed by atoms with Gasteiger partial charge in [0.1, 0.15) is 0 Å². The Morgan fingerprint density at radius 2 is 2.31 bits per heavy atom. The minimum absolute atomic E-state index is 0.274. The molecule has 0 bridgehead atoms. The van der Waals surface area contributed by atoms with Crippen LogP contribution in [0.4, 0.5) is 0 Å². The minimum atomic E-state index is -0.964. The summed E-state index contributed by atoms with van der Waals surface area (Å²) in [5.41, 5.74) is 3.49. The molecule has 2 aliphatic rings. The molecular formula is C8H22OSi4. The lowest BCUT2D eigenvalue weighted by Gasteiger charge is -2.31. The van der Waals surface area contributed by atoms with E-state index in [2.05, 4.69) is 6.92 Å². The van der Waals surface area contributed by atoms with Crippen LogP contribution in [0, 0.1) is 0 Å². The summed E-state index contributed by atoms with van der Waals surface area (Å²) < 4.78 is 6.33. The van der Waals surface area contributed by atoms with E-state index in [1.165, 1.54) is 0 Å². The van der Waals surface area contributed by atoms with E-state index < -0.39 is 7.83 Å². The predicted octanol–water partition coefficient (Wildman–Crippen LogP) is 0.390. The second-order valence-electron chi connectivity index (χ2n) is 4.69. The fraction of sp³-hybridized carbons (Fsp3) is 1.00. The van der Waals surface area contributed by atoms with Crippen LogP contribution in [-0.2, 0) is 4.43 Å². The third kappa shape index (κ3) is 2.09. The van der Waals surface area contributed by atoms with Crippen molar-refractivity contribution in [3.05, 3.63) is 0 Å². The van der Waals surface area contributed by atoms with Crippen molar-refractivity contribution in [1.82, 2.24) is 0 Å². The highest BCUT2D eigenvalue weighted by Crippen LogP contribution is 2.34. The van der Waals surface area contributed by atoms with Crippen LogP contribution >= 0.6 is 0 Å². The summed E-state index contributed by atoms with van der Waals surface area (Å²) >= 11 is 0. The van der Waals surface area contributed by atoms with Gasteiger partial charge in [0.05, 0.1) is 8.31 Å². The molecule has 0 saturated carbocycles. The zero-order valence-electron chi connectivity index (χ0n) is 8.85. The molecule has 2 atom stereocenters. The minimum Gasteiger partial charge on any atom is -0.420 e. The van der Waals surface area contributed by atoms with Gasteiger partial charge in [0.25, 0.3) is 0 Å². The quantitative estimate of drug-likeness (QED) is 0.655. The lowest BCUT2D eigenvalue weighted by atomic mass is 10.9. The van der Waals surface area contributed by atoms with E-state index >= 15 is 0 Å². The van der Waals surface area contributed by atoms with Crippen molar-refractivity contribution in [3.8, 4) is 0 Å². The van der Waals surface area contributed by atoms with Gasteiger partial charge in [0, 0.05) is 25.6 Å². The van der Waals surface area contributed by atoms with Crippen LogP contribution < -0.4 is 0 Å². The molecule has 2 rings (SSSR count).